The summed E-state index contributed by atoms with van der Waals surface area (Å²) in [6.45, 7) is 8.45. The van der Waals surface area contributed by atoms with Gasteiger partial charge in [0, 0.05) is 23.2 Å². The number of hydrogen-bond donors (Lipinski definition) is 0. The first kappa shape index (κ1) is 17.0. The number of rotatable bonds is 6. The number of aromatic nitrogens is 2. The van der Waals surface area contributed by atoms with E-state index in [9.17, 15) is 4.79 Å². The van der Waals surface area contributed by atoms with E-state index in [4.69, 9.17) is 4.98 Å². The van der Waals surface area contributed by atoms with Gasteiger partial charge in [0.05, 0.1) is 5.39 Å². The molecule has 0 atom stereocenters. The number of aryl methyl sites for hydroxylation is 1. The van der Waals surface area contributed by atoms with E-state index in [0.717, 1.165) is 33.3 Å². The molecule has 0 fully saturated rings. The zero-order chi connectivity index (χ0) is 17.1. The van der Waals surface area contributed by atoms with E-state index in [-0.39, 0.29) is 5.56 Å². The molecule has 0 bridgehead atoms. The molecule has 3 aromatic rings. The second-order valence-corrected chi connectivity index (χ2v) is 7.56. The van der Waals surface area contributed by atoms with E-state index in [1.807, 2.05) is 5.38 Å². The predicted molar refractivity (Wildman–Crippen MR) is 105 cm³/mol. The summed E-state index contributed by atoms with van der Waals surface area (Å²) in [4.78, 5) is 18.7. The first-order valence-electron chi connectivity index (χ1n) is 7.98. The monoisotopic (exact) mass is 356 g/mol. The second kappa shape index (κ2) is 7.36. The van der Waals surface area contributed by atoms with Crippen LogP contribution in [0.25, 0.3) is 21.3 Å². The van der Waals surface area contributed by atoms with Crippen molar-refractivity contribution in [1.82, 2.24) is 9.55 Å². The van der Waals surface area contributed by atoms with E-state index in [0.29, 0.717) is 11.9 Å². The minimum Gasteiger partial charge on any atom is -0.283 e. The van der Waals surface area contributed by atoms with Crippen LogP contribution in [0.1, 0.15) is 18.9 Å². The topological polar surface area (TPSA) is 34.9 Å². The summed E-state index contributed by atoms with van der Waals surface area (Å²) >= 11 is 3.17. The summed E-state index contributed by atoms with van der Waals surface area (Å²) < 4.78 is 1.74. The van der Waals surface area contributed by atoms with Gasteiger partial charge in [-0.1, -0.05) is 54.6 Å². The zero-order valence-electron chi connectivity index (χ0n) is 13.9. The third-order valence-corrected chi connectivity index (χ3v) is 5.82. The van der Waals surface area contributed by atoms with Crippen LogP contribution in [-0.2, 0) is 6.54 Å². The van der Waals surface area contributed by atoms with Crippen molar-refractivity contribution in [2.75, 3.05) is 5.75 Å². The maximum absolute atomic E-state index is 13.1. The van der Waals surface area contributed by atoms with Crippen LogP contribution in [-0.4, -0.2) is 15.3 Å². The lowest BCUT2D eigenvalue weighted by molar-refractivity contribution is 0.673. The van der Waals surface area contributed by atoms with E-state index >= 15 is 0 Å². The summed E-state index contributed by atoms with van der Waals surface area (Å²) in [5.41, 5.74) is 3.26. The lowest BCUT2D eigenvalue weighted by atomic mass is 10.1. The van der Waals surface area contributed by atoms with Gasteiger partial charge in [-0.15, -0.1) is 17.9 Å². The maximum Gasteiger partial charge on any atom is 0.263 e. The van der Waals surface area contributed by atoms with Gasteiger partial charge in [-0.25, -0.2) is 4.98 Å². The number of thiophene rings is 1. The van der Waals surface area contributed by atoms with Gasteiger partial charge in [0.15, 0.2) is 5.16 Å². The minimum absolute atomic E-state index is 0.0235. The molecule has 0 aliphatic rings. The summed E-state index contributed by atoms with van der Waals surface area (Å²) in [6.07, 6.45) is 2.80. The average Bonchev–Trinajstić information content (AvgIpc) is 3.00. The molecule has 24 heavy (non-hydrogen) atoms. The van der Waals surface area contributed by atoms with Crippen LogP contribution < -0.4 is 5.56 Å². The Balaban J connectivity index is 2.21. The predicted octanol–water partition coefficient (Wildman–Crippen LogP) is 5.12. The summed E-state index contributed by atoms with van der Waals surface area (Å²) in [6, 6.07) is 8.27. The van der Waals surface area contributed by atoms with Gasteiger partial charge >= 0.3 is 0 Å². The molecule has 0 aliphatic heterocycles. The largest absolute Gasteiger partial charge is 0.283 e. The molecule has 0 aliphatic carbocycles. The number of fused-ring (bicyclic) bond motifs is 1. The van der Waals surface area contributed by atoms with E-state index in [1.54, 1.807) is 22.4 Å². The Labute approximate surface area is 150 Å². The lowest BCUT2D eigenvalue weighted by Crippen LogP contribution is -2.22. The molecule has 0 spiro atoms. The average molecular weight is 357 g/mol. The van der Waals surface area contributed by atoms with Crippen LogP contribution >= 0.6 is 23.1 Å². The molecule has 5 heteroatoms. The number of benzene rings is 1. The van der Waals surface area contributed by atoms with Crippen LogP contribution in [0.15, 0.2) is 52.3 Å². The van der Waals surface area contributed by atoms with Crippen molar-refractivity contribution < 1.29 is 0 Å². The van der Waals surface area contributed by atoms with E-state index < -0.39 is 0 Å². The van der Waals surface area contributed by atoms with Crippen molar-refractivity contribution in [3.05, 3.63) is 58.2 Å². The Bertz CT molecular complexity index is 923. The van der Waals surface area contributed by atoms with Gasteiger partial charge in [0.1, 0.15) is 4.83 Å². The normalized spacial score (nSPS) is 11.1. The number of thioether (sulfide) groups is 1. The summed E-state index contributed by atoms with van der Waals surface area (Å²) in [7, 11) is 0. The summed E-state index contributed by atoms with van der Waals surface area (Å²) in [5.74, 6) is 0.950. The zero-order valence-corrected chi connectivity index (χ0v) is 15.5. The first-order valence-corrected chi connectivity index (χ1v) is 9.85. The Morgan fingerprint density at radius 1 is 1.33 bits per heavy atom. The van der Waals surface area contributed by atoms with Gasteiger partial charge in [0.2, 0.25) is 0 Å². The Hall–Kier alpha value is -1.85. The lowest BCUT2D eigenvalue weighted by Gasteiger charge is -2.10. The van der Waals surface area contributed by atoms with E-state index in [2.05, 4.69) is 44.7 Å². The Morgan fingerprint density at radius 3 is 2.75 bits per heavy atom. The van der Waals surface area contributed by atoms with Crippen molar-refractivity contribution in [2.24, 2.45) is 0 Å². The minimum atomic E-state index is 0.0235. The Morgan fingerprint density at radius 2 is 2.08 bits per heavy atom. The maximum atomic E-state index is 13.1. The standard InChI is InChI=1S/C19H20N2OS2/c1-4-10-21-18(22)16-15(14-8-6-13(3)7-9-14)12-24-17(16)20-19(21)23-11-5-2/h4,6-9,12H,1,5,10-11H2,2-3H3. The van der Waals surface area contributed by atoms with Crippen LogP contribution in [0.4, 0.5) is 0 Å². The van der Waals surface area contributed by atoms with Gasteiger partial charge in [-0.3, -0.25) is 9.36 Å². The molecule has 1 aromatic carbocycles. The van der Waals surface area contributed by atoms with Gasteiger partial charge < -0.3 is 0 Å². The summed E-state index contributed by atoms with van der Waals surface area (Å²) in [5, 5.41) is 3.54. The molecular formula is C19H20N2OS2. The molecule has 0 radical (unpaired) electrons. The molecule has 2 heterocycles. The number of allylic oxidation sites excluding steroid dienone is 1. The smallest absolute Gasteiger partial charge is 0.263 e. The highest BCUT2D eigenvalue weighted by atomic mass is 32.2. The highest BCUT2D eigenvalue weighted by molar-refractivity contribution is 7.99. The number of nitrogens with zero attached hydrogens (tertiary/aromatic N) is 2. The van der Waals surface area contributed by atoms with Crippen molar-refractivity contribution in [3.63, 3.8) is 0 Å². The van der Waals surface area contributed by atoms with Crippen LogP contribution in [0.3, 0.4) is 0 Å². The molecular weight excluding hydrogens is 336 g/mol. The van der Waals surface area contributed by atoms with Crippen LogP contribution in [0.5, 0.6) is 0 Å². The fraction of sp³-hybridized carbons (Fsp3) is 0.263. The van der Waals surface area contributed by atoms with Gasteiger partial charge in [-0.05, 0) is 18.9 Å². The first-order chi connectivity index (χ1) is 11.7. The molecule has 0 amide bonds. The Kier molecular flexibility index (Phi) is 5.21. The van der Waals surface area contributed by atoms with Gasteiger partial charge in [0.25, 0.3) is 5.56 Å². The number of hydrogen-bond acceptors (Lipinski definition) is 4. The van der Waals surface area contributed by atoms with Crippen molar-refractivity contribution in [1.29, 1.82) is 0 Å². The third-order valence-electron chi connectivity index (χ3n) is 3.77. The van der Waals surface area contributed by atoms with Crippen LogP contribution in [0, 0.1) is 6.92 Å². The highest BCUT2D eigenvalue weighted by Crippen LogP contribution is 2.32. The van der Waals surface area contributed by atoms with Crippen LogP contribution in [0.2, 0.25) is 0 Å². The second-order valence-electron chi connectivity index (χ2n) is 5.64. The molecule has 3 nitrogen and oxygen atoms in total. The molecule has 2 aromatic heterocycles. The molecule has 124 valence electrons. The van der Waals surface area contributed by atoms with Crippen molar-refractivity contribution >= 4 is 33.3 Å². The molecule has 0 saturated heterocycles. The van der Waals surface area contributed by atoms with Gasteiger partial charge in [-0.2, -0.15) is 0 Å². The fourth-order valence-corrected chi connectivity index (χ4v) is 4.40. The third kappa shape index (κ3) is 3.19. The highest BCUT2D eigenvalue weighted by Gasteiger charge is 2.16. The molecule has 0 N–H and O–H groups in total. The SMILES string of the molecule is C=CCn1c(SCCC)nc2scc(-c3ccc(C)cc3)c2c1=O. The molecule has 0 saturated carbocycles. The fourth-order valence-electron chi connectivity index (χ4n) is 2.54. The van der Waals surface area contributed by atoms with E-state index in [1.165, 1.54) is 16.9 Å². The van der Waals surface area contributed by atoms with Crippen molar-refractivity contribution in [2.45, 2.75) is 32.0 Å². The molecule has 0 unspecified atom stereocenters. The quantitative estimate of drug-likeness (QED) is 0.349. The van der Waals surface area contributed by atoms with Crippen molar-refractivity contribution in [3.8, 4) is 11.1 Å². The molecule has 3 rings (SSSR count).